The molecule has 1 saturated heterocycles. The lowest BCUT2D eigenvalue weighted by Crippen LogP contribution is -2.40. The molecule has 1 N–H and O–H groups in total. The molecule has 7 nitrogen and oxygen atoms in total. The fourth-order valence-corrected chi connectivity index (χ4v) is 3.75. The van der Waals surface area contributed by atoms with Crippen LogP contribution in [0.15, 0.2) is 24.3 Å². The van der Waals surface area contributed by atoms with Gasteiger partial charge in [0.15, 0.2) is 5.69 Å². The van der Waals surface area contributed by atoms with Crippen LogP contribution in [0.25, 0.3) is 5.69 Å². The average molecular weight is 391 g/mol. The molecular formula is C19H23ClN4O3. The molecule has 3 rings (SSSR count). The number of hydrogen-bond donors (Lipinski definition) is 1. The number of piperidine rings is 1. The van der Waals surface area contributed by atoms with E-state index in [1.807, 2.05) is 19.1 Å². The minimum Gasteiger partial charge on any atom is -0.481 e. The van der Waals surface area contributed by atoms with Crippen molar-refractivity contribution in [1.82, 2.24) is 19.9 Å². The molecule has 2 heterocycles. The Hall–Kier alpha value is -2.41. The van der Waals surface area contributed by atoms with E-state index in [1.54, 1.807) is 21.7 Å². The van der Waals surface area contributed by atoms with Crippen LogP contribution in [0.2, 0.25) is 5.02 Å². The molecule has 1 aromatic heterocycles. The second-order valence-electron chi connectivity index (χ2n) is 6.82. The van der Waals surface area contributed by atoms with Gasteiger partial charge in [0.25, 0.3) is 5.91 Å². The second-order valence-corrected chi connectivity index (χ2v) is 7.26. The first-order valence-electron chi connectivity index (χ1n) is 9.21. The number of benzene rings is 1. The number of carboxylic acid groups (broad SMARTS) is 1. The van der Waals surface area contributed by atoms with Gasteiger partial charge in [0, 0.05) is 24.5 Å². The van der Waals surface area contributed by atoms with Crippen molar-refractivity contribution in [3.05, 3.63) is 40.7 Å². The Morgan fingerprint density at radius 3 is 2.89 bits per heavy atom. The number of hydrogen-bond acceptors (Lipinski definition) is 4. The van der Waals surface area contributed by atoms with E-state index in [-0.39, 0.29) is 18.2 Å². The quantitative estimate of drug-likeness (QED) is 0.818. The summed E-state index contributed by atoms with van der Waals surface area (Å²) in [6, 6.07) is 7.27. The summed E-state index contributed by atoms with van der Waals surface area (Å²) in [5.41, 5.74) is 1.87. The number of nitrogens with zero attached hydrogens (tertiary/aromatic N) is 4. The summed E-state index contributed by atoms with van der Waals surface area (Å²) in [6.07, 6.45) is 3.16. The molecule has 1 fully saturated rings. The predicted octanol–water partition coefficient (Wildman–Crippen LogP) is 3.20. The first kappa shape index (κ1) is 19.4. The molecule has 0 bridgehead atoms. The van der Waals surface area contributed by atoms with Crippen molar-refractivity contribution in [2.45, 2.75) is 39.0 Å². The first-order chi connectivity index (χ1) is 13.0. The van der Waals surface area contributed by atoms with Crippen LogP contribution in [0, 0.1) is 5.92 Å². The predicted molar refractivity (Wildman–Crippen MR) is 101 cm³/mol. The summed E-state index contributed by atoms with van der Waals surface area (Å²) in [5.74, 6) is -0.719. The molecule has 1 aromatic carbocycles. The van der Waals surface area contributed by atoms with Crippen LogP contribution < -0.4 is 0 Å². The first-order valence-corrected chi connectivity index (χ1v) is 9.59. The van der Waals surface area contributed by atoms with Gasteiger partial charge < -0.3 is 10.0 Å². The van der Waals surface area contributed by atoms with E-state index < -0.39 is 5.97 Å². The summed E-state index contributed by atoms with van der Waals surface area (Å²) >= 11 is 6.07. The van der Waals surface area contributed by atoms with E-state index in [0.29, 0.717) is 36.6 Å². The zero-order valence-electron chi connectivity index (χ0n) is 15.3. The molecule has 8 heteroatoms. The SMILES string of the molecule is CCc1c(C(=O)N2CCCC(CCC(=O)O)C2)nnn1-c1cccc(Cl)c1. The van der Waals surface area contributed by atoms with Crippen molar-refractivity contribution in [3.8, 4) is 5.69 Å². The average Bonchev–Trinajstić information content (AvgIpc) is 3.10. The molecule has 1 aliphatic rings. The largest absolute Gasteiger partial charge is 0.481 e. The zero-order valence-corrected chi connectivity index (χ0v) is 16.0. The second kappa shape index (κ2) is 8.52. The minimum atomic E-state index is -0.795. The van der Waals surface area contributed by atoms with Crippen LogP contribution in [0.4, 0.5) is 0 Å². The summed E-state index contributed by atoms with van der Waals surface area (Å²) in [5, 5.41) is 17.8. The summed E-state index contributed by atoms with van der Waals surface area (Å²) in [6.45, 7) is 3.19. The topological polar surface area (TPSA) is 88.3 Å². The van der Waals surface area contributed by atoms with Crippen molar-refractivity contribution in [2.75, 3.05) is 13.1 Å². The molecule has 1 atom stereocenters. The lowest BCUT2D eigenvalue weighted by Gasteiger charge is -2.32. The van der Waals surface area contributed by atoms with Crippen molar-refractivity contribution in [1.29, 1.82) is 0 Å². The van der Waals surface area contributed by atoms with Gasteiger partial charge >= 0.3 is 5.97 Å². The maximum Gasteiger partial charge on any atom is 0.303 e. The molecule has 2 aromatic rings. The highest BCUT2D eigenvalue weighted by molar-refractivity contribution is 6.30. The van der Waals surface area contributed by atoms with E-state index in [1.165, 1.54) is 0 Å². The molecule has 0 aliphatic carbocycles. The van der Waals surface area contributed by atoms with E-state index in [2.05, 4.69) is 10.3 Å². The maximum absolute atomic E-state index is 13.0. The Bertz CT molecular complexity index is 836. The lowest BCUT2D eigenvalue weighted by molar-refractivity contribution is -0.137. The monoisotopic (exact) mass is 390 g/mol. The van der Waals surface area contributed by atoms with E-state index >= 15 is 0 Å². The smallest absolute Gasteiger partial charge is 0.303 e. The number of likely N-dealkylation sites (tertiary alicyclic amines) is 1. The summed E-state index contributed by atoms with van der Waals surface area (Å²) < 4.78 is 1.66. The maximum atomic E-state index is 13.0. The van der Waals surface area contributed by atoms with Crippen molar-refractivity contribution < 1.29 is 14.7 Å². The van der Waals surface area contributed by atoms with Crippen molar-refractivity contribution in [3.63, 3.8) is 0 Å². The number of carbonyl (C=O) groups is 2. The molecule has 144 valence electrons. The van der Waals surface area contributed by atoms with E-state index in [9.17, 15) is 9.59 Å². The molecule has 1 unspecified atom stereocenters. The Kier molecular flexibility index (Phi) is 6.11. The highest BCUT2D eigenvalue weighted by Gasteiger charge is 2.29. The van der Waals surface area contributed by atoms with Gasteiger partial charge in [-0.1, -0.05) is 29.8 Å². The molecule has 1 amide bonds. The minimum absolute atomic E-state index is 0.137. The Labute approximate surface area is 162 Å². The molecule has 1 aliphatic heterocycles. The summed E-state index contributed by atoms with van der Waals surface area (Å²) in [4.78, 5) is 25.6. The molecule has 0 saturated carbocycles. The van der Waals surface area contributed by atoms with Gasteiger partial charge in [-0.15, -0.1) is 5.10 Å². The van der Waals surface area contributed by atoms with Gasteiger partial charge in [0.1, 0.15) is 0 Å². The standard InChI is InChI=1S/C19H23ClN4O3/c1-2-16-18(21-22-24(16)15-7-3-6-14(20)11-15)19(27)23-10-4-5-13(12-23)8-9-17(25)26/h3,6-7,11,13H,2,4-5,8-10,12H2,1H3,(H,25,26). The number of aromatic nitrogens is 3. The molecule has 0 radical (unpaired) electrons. The number of carbonyl (C=O) groups excluding carboxylic acids is 1. The zero-order chi connectivity index (χ0) is 19.4. The summed E-state index contributed by atoms with van der Waals surface area (Å²) in [7, 11) is 0. The molecule has 27 heavy (non-hydrogen) atoms. The van der Waals surface area contributed by atoms with Gasteiger partial charge in [-0.3, -0.25) is 9.59 Å². The third-order valence-electron chi connectivity index (χ3n) is 4.93. The van der Waals surface area contributed by atoms with E-state index in [4.69, 9.17) is 16.7 Å². The van der Waals surface area contributed by atoms with Crippen LogP contribution in [-0.4, -0.2) is 50.0 Å². The number of rotatable bonds is 6. The van der Waals surface area contributed by atoms with Crippen molar-refractivity contribution in [2.24, 2.45) is 5.92 Å². The molecular weight excluding hydrogens is 368 g/mol. The highest BCUT2D eigenvalue weighted by atomic mass is 35.5. The fraction of sp³-hybridized carbons (Fsp3) is 0.474. The number of amides is 1. The Balaban J connectivity index is 1.79. The van der Waals surface area contributed by atoms with Crippen molar-refractivity contribution >= 4 is 23.5 Å². The lowest BCUT2D eigenvalue weighted by atomic mass is 9.93. The number of aliphatic carboxylic acids is 1. The van der Waals surface area contributed by atoms with E-state index in [0.717, 1.165) is 24.2 Å². The third-order valence-corrected chi connectivity index (χ3v) is 5.16. The Morgan fingerprint density at radius 2 is 2.19 bits per heavy atom. The van der Waals surface area contributed by atoms with Crippen LogP contribution in [0.1, 0.15) is 48.8 Å². The fourth-order valence-electron chi connectivity index (χ4n) is 3.56. The van der Waals surface area contributed by atoms with Crippen LogP contribution in [0.3, 0.4) is 0 Å². The van der Waals surface area contributed by atoms with Gasteiger partial charge in [0.05, 0.1) is 11.4 Å². The van der Waals surface area contributed by atoms with Crippen LogP contribution in [-0.2, 0) is 11.2 Å². The van der Waals surface area contributed by atoms with Crippen LogP contribution in [0.5, 0.6) is 0 Å². The highest BCUT2D eigenvalue weighted by Crippen LogP contribution is 2.24. The van der Waals surface area contributed by atoms with Gasteiger partial charge in [0.2, 0.25) is 0 Å². The third kappa shape index (κ3) is 4.47. The molecule has 0 spiro atoms. The van der Waals surface area contributed by atoms with Gasteiger partial charge in [-0.2, -0.15) is 0 Å². The number of carboxylic acids is 1. The normalized spacial score (nSPS) is 17.1. The Morgan fingerprint density at radius 1 is 1.37 bits per heavy atom. The van der Waals surface area contributed by atoms with Crippen LogP contribution >= 0.6 is 11.6 Å². The van der Waals surface area contributed by atoms with Gasteiger partial charge in [-0.05, 0) is 49.8 Å². The van der Waals surface area contributed by atoms with Gasteiger partial charge in [-0.25, -0.2) is 4.68 Å². The number of halogens is 1.